The van der Waals surface area contributed by atoms with Crippen molar-refractivity contribution in [3.8, 4) is 5.75 Å². The number of hydrogen-bond acceptors (Lipinski definition) is 3. The Morgan fingerprint density at radius 2 is 1.80 bits per heavy atom. The monoisotopic (exact) mass is 297 g/mol. The number of ether oxygens (including phenoxy) is 1. The van der Waals surface area contributed by atoms with Crippen LogP contribution in [0.2, 0.25) is 0 Å². The normalized spacial score (nSPS) is 24.2. The first kappa shape index (κ1) is 15.3. The lowest BCUT2D eigenvalue weighted by molar-refractivity contribution is 0.242. The van der Waals surface area contributed by atoms with E-state index in [1.807, 2.05) is 20.8 Å². The summed E-state index contributed by atoms with van der Waals surface area (Å²) in [6.45, 7) is 8.55. The molecule has 20 heavy (non-hydrogen) atoms. The van der Waals surface area contributed by atoms with Crippen LogP contribution in [0.4, 0.5) is 0 Å². The third-order valence-electron chi connectivity index (χ3n) is 3.53. The highest BCUT2D eigenvalue weighted by atomic mass is 32.2. The average molecular weight is 297 g/mol. The van der Waals surface area contributed by atoms with Gasteiger partial charge < -0.3 is 4.74 Å². The molecule has 112 valence electrons. The highest BCUT2D eigenvalue weighted by Crippen LogP contribution is 2.29. The number of benzene rings is 1. The van der Waals surface area contributed by atoms with Gasteiger partial charge in [0.05, 0.1) is 11.0 Å². The molecule has 1 aromatic rings. The van der Waals surface area contributed by atoms with Crippen molar-refractivity contribution in [2.45, 2.75) is 51.2 Å². The maximum Gasteiger partial charge on any atom is 0.243 e. The zero-order valence-electron chi connectivity index (χ0n) is 12.5. The van der Waals surface area contributed by atoms with E-state index in [0.717, 1.165) is 6.42 Å². The van der Waals surface area contributed by atoms with E-state index < -0.39 is 10.0 Å². The molecular weight excluding hydrogens is 274 g/mol. The van der Waals surface area contributed by atoms with Crippen molar-refractivity contribution in [1.82, 2.24) is 4.31 Å². The van der Waals surface area contributed by atoms with E-state index in [2.05, 4.69) is 6.92 Å². The maximum atomic E-state index is 12.6. The Bertz CT molecular complexity index is 551. The molecule has 1 aliphatic heterocycles. The van der Waals surface area contributed by atoms with Crippen molar-refractivity contribution >= 4 is 10.0 Å². The van der Waals surface area contributed by atoms with E-state index in [-0.39, 0.29) is 12.1 Å². The number of rotatable bonds is 4. The first-order valence-electron chi connectivity index (χ1n) is 7.09. The van der Waals surface area contributed by atoms with Crippen molar-refractivity contribution < 1.29 is 13.2 Å². The summed E-state index contributed by atoms with van der Waals surface area (Å²) in [7, 11) is -3.39. The van der Waals surface area contributed by atoms with Crippen LogP contribution < -0.4 is 4.74 Å². The molecule has 0 bridgehead atoms. The molecule has 0 aromatic heterocycles. The van der Waals surface area contributed by atoms with Crippen LogP contribution in [0, 0.1) is 5.92 Å². The highest BCUT2D eigenvalue weighted by Gasteiger charge is 2.35. The van der Waals surface area contributed by atoms with Crippen molar-refractivity contribution in [2.75, 3.05) is 6.54 Å². The lowest BCUT2D eigenvalue weighted by Crippen LogP contribution is -2.33. The molecule has 5 heteroatoms. The SMILES string of the molecule is CC(C)Oc1ccc(S(=O)(=O)N2C[C@@H](C)C[C@@H]2C)cc1. The molecule has 2 atom stereocenters. The number of sulfonamides is 1. The predicted molar refractivity (Wildman–Crippen MR) is 79.3 cm³/mol. The number of nitrogens with zero attached hydrogens (tertiary/aromatic N) is 1. The van der Waals surface area contributed by atoms with E-state index in [9.17, 15) is 8.42 Å². The lowest BCUT2D eigenvalue weighted by Gasteiger charge is -2.21. The van der Waals surface area contributed by atoms with Gasteiger partial charge in [0, 0.05) is 12.6 Å². The fourth-order valence-electron chi connectivity index (χ4n) is 2.69. The Kier molecular flexibility index (Phi) is 4.39. The summed E-state index contributed by atoms with van der Waals surface area (Å²) in [4.78, 5) is 0.342. The Morgan fingerprint density at radius 1 is 1.20 bits per heavy atom. The summed E-state index contributed by atoms with van der Waals surface area (Å²) in [5.74, 6) is 1.12. The van der Waals surface area contributed by atoms with Gasteiger partial charge in [0.15, 0.2) is 0 Å². The Morgan fingerprint density at radius 3 is 2.25 bits per heavy atom. The van der Waals surface area contributed by atoms with Gasteiger partial charge in [0.25, 0.3) is 0 Å². The molecule has 1 aromatic carbocycles. The van der Waals surface area contributed by atoms with Gasteiger partial charge in [0.1, 0.15) is 5.75 Å². The predicted octanol–water partition coefficient (Wildman–Crippen LogP) is 2.89. The molecule has 0 spiro atoms. The first-order valence-corrected chi connectivity index (χ1v) is 8.53. The second-order valence-corrected chi connectivity index (χ2v) is 7.79. The summed E-state index contributed by atoms with van der Waals surface area (Å²) < 4.78 is 32.4. The molecule has 0 N–H and O–H groups in total. The largest absolute Gasteiger partial charge is 0.491 e. The summed E-state index contributed by atoms with van der Waals surface area (Å²) in [6.07, 6.45) is 1.00. The molecule has 0 aliphatic carbocycles. The van der Waals surface area contributed by atoms with Crippen LogP contribution in [0.15, 0.2) is 29.2 Å². The van der Waals surface area contributed by atoms with Gasteiger partial charge in [-0.1, -0.05) is 6.92 Å². The molecule has 0 unspecified atom stereocenters. The van der Waals surface area contributed by atoms with Crippen molar-refractivity contribution in [3.05, 3.63) is 24.3 Å². The maximum absolute atomic E-state index is 12.6. The minimum atomic E-state index is -3.39. The van der Waals surface area contributed by atoms with Gasteiger partial charge >= 0.3 is 0 Å². The van der Waals surface area contributed by atoms with Gasteiger partial charge in [0.2, 0.25) is 10.0 Å². The van der Waals surface area contributed by atoms with Crippen LogP contribution in [0.25, 0.3) is 0 Å². The van der Waals surface area contributed by atoms with Crippen LogP contribution in [-0.4, -0.2) is 31.4 Å². The minimum Gasteiger partial charge on any atom is -0.491 e. The number of hydrogen-bond donors (Lipinski definition) is 0. The fourth-order valence-corrected chi connectivity index (χ4v) is 4.46. The third-order valence-corrected chi connectivity index (χ3v) is 5.52. The second-order valence-electron chi connectivity index (χ2n) is 5.90. The van der Waals surface area contributed by atoms with E-state index in [1.54, 1.807) is 28.6 Å². The molecule has 1 fully saturated rings. The van der Waals surface area contributed by atoms with Crippen molar-refractivity contribution in [3.63, 3.8) is 0 Å². The van der Waals surface area contributed by atoms with Crippen LogP contribution >= 0.6 is 0 Å². The van der Waals surface area contributed by atoms with E-state index >= 15 is 0 Å². The zero-order chi connectivity index (χ0) is 14.9. The Balaban J connectivity index is 2.22. The van der Waals surface area contributed by atoms with E-state index in [4.69, 9.17) is 4.74 Å². The van der Waals surface area contributed by atoms with Gasteiger partial charge in [-0.2, -0.15) is 4.31 Å². The summed E-state index contributed by atoms with van der Waals surface area (Å²) in [6, 6.07) is 6.76. The van der Waals surface area contributed by atoms with Crippen LogP contribution in [0.1, 0.15) is 34.1 Å². The molecule has 0 radical (unpaired) electrons. The Hall–Kier alpha value is -1.07. The average Bonchev–Trinajstić information content (AvgIpc) is 2.69. The Labute approximate surface area is 121 Å². The summed E-state index contributed by atoms with van der Waals surface area (Å²) >= 11 is 0. The third kappa shape index (κ3) is 3.15. The smallest absolute Gasteiger partial charge is 0.243 e. The molecule has 1 aliphatic rings. The minimum absolute atomic E-state index is 0.0709. The van der Waals surface area contributed by atoms with Gasteiger partial charge in [-0.15, -0.1) is 0 Å². The zero-order valence-corrected chi connectivity index (χ0v) is 13.4. The topological polar surface area (TPSA) is 46.6 Å². The molecule has 1 saturated heterocycles. The quantitative estimate of drug-likeness (QED) is 0.858. The van der Waals surface area contributed by atoms with Crippen molar-refractivity contribution in [1.29, 1.82) is 0 Å². The molecule has 1 heterocycles. The lowest BCUT2D eigenvalue weighted by atomic mass is 10.1. The highest BCUT2D eigenvalue weighted by molar-refractivity contribution is 7.89. The van der Waals surface area contributed by atoms with Crippen LogP contribution in [0.3, 0.4) is 0 Å². The fraction of sp³-hybridized carbons (Fsp3) is 0.600. The molecule has 2 rings (SSSR count). The summed E-state index contributed by atoms with van der Waals surface area (Å²) in [5, 5.41) is 0. The van der Waals surface area contributed by atoms with Crippen molar-refractivity contribution in [2.24, 2.45) is 5.92 Å². The van der Waals surface area contributed by atoms with Crippen LogP contribution in [-0.2, 0) is 10.0 Å². The van der Waals surface area contributed by atoms with E-state index in [1.165, 1.54) is 0 Å². The molecule has 0 saturated carbocycles. The molecular formula is C15H23NO3S. The molecule has 4 nitrogen and oxygen atoms in total. The second kappa shape index (κ2) is 5.74. The first-order chi connectivity index (χ1) is 9.30. The van der Waals surface area contributed by atoms with E-state index in [0.29, 0.717) is 23.1 Å². The summed E-state index contributed by atoms with van der Waals surface area (Å²) in [5.41, 5.74) is 0. The van der Waals surface area contributed by atoms with Gasteiger partial charge in [-0.3, -0.25) is 0 Å². The van der Waals surface area contributed by atoms with Gasteiger partial charge in [-0.05, 0) is 57.4 Å². The van der Waals surface area contributed by atoms with Crippen LogP contribution in [0.5, 0.6) is 5.75 Å². The molecule has 0 amide bonds. The van der Waals surface area contributed by atoms with Gasteiger partial charge in [-0.25, -0.2) is 8.42 Å². The standard InChI is InChI=1S/C15H23NO3S/c1-11(2)19-14-5-7-15(8-6-14)20(17,18)16-10-12(3)9-13(16)4/h5-8,11-13H,9-10H2,1-4H3/t12-,13-/m0/s1.